The minimum atomic E-state index is 0.374. The van der Waals surface area contributed by atoms with Crippen LogP contribution in [0.2, 0.25) is 0 Å². The highest BCUT2D eigenvalue weighted by Gasteiger charge is 2.13. The summed E-state index contributed by atoms with van der Waals surface area (Å²) in [7, 11) is 2.05. The fourth-order valence-corrected chi connectivity index (χ4v) is 3.76. The summed E-state index contributed by atoms with van der Waals surface area (Å²) in [5, 5.41) is 4.31. The van der Waals surface area contributed by atoms with Crippen LogP contribution in [0.15, 0.2) is 49.2 Å². The number of thiazole rings is 1. The molecule has 122 valence electrons. The van der Waals surface area contributed by atoms with Gasteiger partial charge in [-0.2, -0.15) is 0 Å². The Hall–Kier alpha value is -2.60. The normalized spacial score (nSPS) is 11.5. The summed E-state index contributed by atoms with van der Waals surface area (Å²) < 4.78 is 4.19. The Labute approximate surface area is 144 Å². The first-order valence-corrected chi connectivity index (χ1v) is 8.74. The first-order chi connectivity index (χ1) is 11.6. The standard InChI is InChI=1S/C18H19N5S/c1-12(2)21-18-20-10-16(24-18)13-9-14(15-5-4-7-22(15)3)17-19-6-8-23(17)11-13/h4-12H,1-3H3,(H,20,21). The van der Waals surface area contributed by atoms with E-state index < -0.39 is 0 Å². The molecule has 0 amide bonds. The van der Waals surface area contributed by atoms with Gasteiger partial charge in [-0.15, -0.1) is 0 Å². The van der Waals surface area contributed by atoms with E-state index in [4.69, 9.17) is 0 Å². The molecule has 0 saturated carbocycles. The van der Waals surface area contributed by atoms with Crippen molar-refractivity contribution < 1.29 is 0 Å². The zero-order valence-corrected chi connectivity index (χ0v) is 14.7. The number of hydrogen-bond donors (Lipinski definition) is 1. The van der Waals surface area contributed by atoms with Crippen LogP contribution >= 0.6 is 11.3 Å². The van der Waals surface area contributed by atoms with Crippen molar-refractivity contribution in [2.75, 3.05) is 5.32 Å². The number of imidazole rings is 1. The highest BCUT2D eigenvalue weighted by atomic mass is 32.1. The highest BCUT2D eigenvalue weighted by molar-refractivity contribution is 7.18. The van der Waals surface area contributed by atoms with E-state index in [-0.39, 0.29) is 0 Å². The monoisotopic (exact) mass is 337 g/mol. The van der Waals surface area contributed by atoms with Gasteiger partial charge in [0.25, 0.3) is 0 Å². The fourth-order valence-electron chi connectivity index (χ4n) is 2.82. The van der Waals surface area contributed by atoms with Crippen LogP contribution in [0.1, 0.15) is 13.8 Å². The SMILES string of the molecule is CC(C)Nc1ncc(-c2cc(-c3cccn3C)c3nccn3c2)s1. The Bertz CT molecular complexity index is 992. The summed E-state index contributed by atoms with van der Waals surface area (Å²) in [6.45, 7) is 4.23. The number of nitrogens with one attached hydrogen (secondary N) is 1. The number of anilines is 1. The number of hydrogen-bond acceptors (Lipinski definition) is 4. The largest absolute Gasteiger partial charge is 0.359 e. The van der Waals surface area contributed by atoms with Gasteiger partial charge in [0.15, 0.2) is 5.13 Å². The maximum atomic E-state index is 4.52. The molecule has 0 atom stereocenters. The fraction of sp³-hybridized carbons (Fsp3) is 0.222. The third-order valence-corrected chi connectivity index (χ3v) is 4.89. The first-order valence-electron chi connectivity index (χ1n) is 7.93. The van der Waals surface area contributed by atoms with Crippen molar-refractivity contribution in [3.8, 4) is 21.7 Å². The zero-order chi connectivity index (χ0) is 16.7. The van der Waals surface area contributed by atoms with Crippen LogP contribution in [0.25, 0.3) is 27.3 Å². The Kier molecular flexibility index (Phi) is 3.61. The predicted octanol–water partition coefficient (Wildman–Crippen LogP) is 4.28. The molecule has 0 bridgehead atoms. The smallest absolute Gasteiger partial charge is 0.183 e. The average molecular weight is 337 g/mol. The summed E-state index contributed by atoms with van der Waals surface area (Å²) in [5.41, 5.74) is 4.38. The van der Waals surface area contributed by atoms with Gasteiger partial charge >= 0.3 is 0 Å². The Morgan fingerprint density at radius 3 is 2.83 bits per heavy atom. The molecule has 5 nitrogen and oxygen atoms in total. The third kappa shape index (κ3) is 2.59. The molecule has 24 heavy (non-hydrogen) atoms. The number of rotatable bonds is 4. The number of pyridine rings is 1. The van der Waals surface area contributed by atoms with Crippen LogP contribution in [0.3, 0.4) is 0 Å². The average Bonchev–Trinajstić information content (AvgIpc) is 3.25. The Morgan fingerprint density at radius 1 is 1.21 bits per heavy atom. The molecule has 0 saturated heterocycles. The number of aromatic nitrogens is 4. The molecule has 0 aliphatic carbocycles. The molecule has 0 aromatic carbocycles. The summed E-state index contributed by atoms with van der Waals surface area (Å²) in [6, 6.07) is 6.74. The van der Waals surface area contributed by atoms with E-state index in [2.05, 4.69) is 75.7 Å². The van der Waals surface area contributed by atoms with Gasteiger partial charge in [0, 0.05) is 55.2 Å². The lowest BCUT2D eigenvalue weighted by Gasteiger charge is -2.08. The van der Waals surface area contributed by atoms with Crippen molar-refractivity contribution in [3.63, 3.8) is 0 Å². The van der Waals surface area contributed by atoms with Gasteiger partial charge in [-0.3, -0.25) is 0 Å². The summed E-state index contributed by atoms with van der Waals surface area (Å²) in [6.07, 6.45) is 9.92. The van der Waals surface area contributed by atoms with Crippen LogP contribution in [-0.4, -0.2) is 25.0 Å². The number of fused-ring (bicyclic) bond motifs is 1. The van der Waals surface area contributed by atoms with E-state index in [0.717, 1.165) is 32.5 Å². The van der Waals surface area contributed by atoms with Crippen molar-refractivity contribution in [3.05, 3.63) is 49.2 Å². The van der Waals surface area contributed by atoms with E-state index >= 15 is 0 Å². The minimum absolute atomic E-state index is 0.374. The van der Waals surface area contributed by atoms with E-state index in [0.29, 0.717) is 6.04 Å². The predicted molar refractivity (Wildman–Crippen MR) is 99.5 cm³/mol. The topological polar surface area (TPSA) is 47.2 Å². The molecule has 6 heteroatoms. The molecule has 0 aliphatic heterocycles. The molecule has 0 fully saturated rings. The Balaban J connectivity index is 1.85. The van der Waals surface area contributed by atoms with Crippen LogP contribution in [0, 0.1) is 0 Å². The van der Waals surface area contributed by atoms with Gasteiger partial charge < -0.3 is 14.3 Å². The quantitative estimate of drug-likeness (QED) is 0.604. The molecule has 4 rings (SSSR count). The molecule has 4 heterocycles. The maximum Gasteiger partial charge on any atom is 0.183 e. The number of aryl methyl sites for hydroxylation is 1. The number of nitrogens with zero attached hydrogens (tertiary/aromatic N) is 4. The van der Waals surface area contributed by atoms with Crippen LogP contribution in [0.4, 0.5) is 5.13 Å². The second-order valence-corrected chi connectivity index (χ2v) is 7.16. The maximum absolute atomic E-state index is 4.52. The van der Waals surface area contributed by atoms with Gasteiger partial charge in [0.05, 0.1) is 10.6 Å². The van der Waals surface area contributed by atoms with Crippen LogP contribution < -0.4 is 5.32 Å². The highest BCUT2D eigenvalue weighted by Crippen LogP contribution is 2.33. The van der Waals surface area contributed by atoms with Gasteiger partial charge in [-0.05, 0) is 32.0 Å². The van der Waals surface area contributed by atoms with E-state index in [9.17, 15) is 0 Å². The first kappa shape index (κ1) is 15.0. The van der Waals surface area contributed by atoms with Gasteiger partial charge in [-0.1, -0.05) is 11.3 Å². The lowest BCUT2D eigenvalue weighted by atomic mass is 10.1. The van der Waals surface area contributed by atoms with Crippen molar-refractivity contribution in [2.24, 2.45) is 7.05 Å². The molecule has 0 unspecified atom stereocenters. The second-order valence-electron chi connectivity index (χ2n) is 6.13. The van der Waals surface area contributed by atoms with Crippen LogP contribution in [-0.2, 0) is 7.05 Å². The third-order valence-electron chi connectivity index (χ3n) is 3.91. The van der Waals surface area contributed by atoms with Gasteiger partial charge in [0.2, 0.25) is 0 Å². The van der Waals surface area contributed by atoms with Crippen molar-refractivity contribution in [1.82, 2.24) is 18.9 Å². The molecule has 0 aliphatic rings. The molecule has 1 N–H and O–H groups in total. The molecule has 0 spiro atoms. The molecule has 4 aromatic rings. The van der Waals surface area contributed by atoms with Crippen molar-refractivity contribution in [1.29, 1.82) is 0 Å². The summed E-state index contributed by atoms with van der Waals surface area (Å²) in [5.74, 6) is 0. The zero-order valence-electron chi connectivity index (χ0n) is 13.9. The van der Waals surface area contributed by atoms with Gasteiger partial charge in [-0.25, -0.2) is 9.97 Å². The second kappa shape index (κ2) is 5.79. The van der Waals surface area contributed by atoms with Crippen molar-refractivity contribution in [2.45, 2.75) is 19.9 Å². The van der Waals surface area contributed by atoms with E-state index in [1.54, 1.807) is 11.3 Å². The Morgan fingerprint density at radius 2 is 2.08 bits per heavy atom. The van der Waals surface area contributed by atoms with Crippen molar-refractivity contribution >= 4 is 22.1 Å². The van der Waals surface area contributed by atoms with E-state index in [1.165, 1.54) is 0 Å². The van der Waals surface area contributed by atoms with Gasteiger partial charge in [0.1, 0.15) is 5.65 Å². The molecular weight excluding hydrogens is 318 g/mol. The lowest BCUT2D eigenvalue weighted by molar-refractivity contribution is 0.896. The lowest BCUT2D eigenvalue weighted by Crippen LogP contribution is -2.08. The summed E-state index contributed by atoms with van der Waals surface area (Å²) >= 11 is 1.67. The minimum Gasteiger partial charge on any atom is -0.359 e. The summed E-state index contributed by atoms with van der Waals surface area (Å²) in [4.78, 5) is 10.2. The molecular formula is C18H19N5S. The van der Waals surface area contributed by atoms with E-state index in [1.807, 2.05) is 18.6 Å². The van der Waals surface area contributed by atoms with Crippen LogP contribution in [0.5, 0.6) is 0 Å². The molecule has 4 aromatic heterocycles. The molecule has 0 radical (unpaired) electrons.